The SMILES string of the molecule is COc1ccc(N2CCCN(CC(O)COC(C)C)CC2)cc1. The van der Waals surface area contributed by atoms with Crippen LogP contribution in [0.1, 0.15) is 20.3 Å². The number of anilines is 1. The molecule has 1 N–H and O–H groups in total. The fourth-order valence-corrected chi connectivity index (χ4v) is 2.86. The minimum Gasteiger partial charge on any atom is -0.497 e. The lowest BCUT2D eigenvalue weighted by Crippen LogP contribution is -2.38. The van der Waals surface area contributed by atoms with Crippen LogP contribution in [0.4, 0.5) is 5.69 Å². The quantitative estimate of drug-likeness (QED) is 0.832. The second-order valence-electron chi connectivity index (χ2n) is 6.38. The van der Waals surface area contributed by atoms with E-state index in [-0.39, 0.29) is 6.10 Å². The Morgan fingerprint density at radius 3 is 2.48 bits per heavy atom. The Labute approximate surface area is 139 Å². The molecule has 0 bridgehead atoms. The summed E-state index contributed by atoms with van der Waals surface area (Å²) in [5.41, 5.74) is 1.23. The summed E-state index contributed by atoms with van der Waals surface area (Å²) in [6, 6.07) is 8.23. The monoisotopic (exact) mass is 322 g/mol. The summed E-state index contributed by atoms with van der Waals surface area (Å²) in [7, 11) is 1.69. The molecule has 1 atom stereocenters. The first kappa shape index (κ1) is 18.0. The molecule has 1 unspecified atom stereocenters. The van der Waals surface area contributed by atoms with Gasteiger partial charge in [-0.15, -0.1) is 0 Å². The van der Waals surface area contributed by atoms with Crippen molar-refractivity contribution >= 4 is 5.69 Å². The highest BCUT2D eigenvalue weighted by molar-refractivity contribution is 5.49. The number of aliphatic hydroxyl groups excluding tert-OH is 1. The number of hydrogen-bond acceptors (Lipinski definition) is 5. The van der Waals surface area contributed by atoms with Gasteiger partial charge in [-0.05, 0) is 51.1 Å². The maximum Gasteiger partial charge on any atom is 0.119 e. The van der Waals surface area contributed by atoms with E-state index in [4.69, 9.17) is 9.47 Å². The molecule has 1 aliphatic heterocycles. The van der Waals surface area contributed by atoms with Gasteiger partial charge in [0.25, 0.3) is 0 Å². The Morgan fingerprint density at radius 2 is 1.83 bits per heavy atom. The van der Waals surface area contributed by atoms with Gasteiger partial charge >= 0.3 is 0 Å². The zero-order chi connectivity index (χ0) is 16.7. The maximum atomic E-state index is 10.1. The molecule has 23 heavy (non-hydrogen) atoms. The summed E-state index contributed by atoms with van der Waals surface area (Å²) in [5, 5.41) is 10.1. The first-order valence-electron chi connectivity index (χ1n) is 8.49. The average molecular weight is 322 g/mol. The zero-order valence-corrected chi connectivity index (χ0v) is 14.6. The Kier molecular flexibility index (Phi) is 7.15. The molecule has 0 amide bonds. The number of rotatable bonds is 7. The van der Waals surface area contributed by atoms with E-state index >= 15 is 0 Å². The van der Waals surface area contributed by atoms with Gasteiger partial charge in [0.05, 0.1) is 25.9 Å². The fourth-order valence-electron chi connectivity index (χ4n) is 2.86. The minimum atomic E-state index is -0.412. The van der Waals surface area contributed by atoms with Crippen molar-refractivity contribution in [2.24, 2.45) is 0 Å². The molecule has 1 aromatic rings. The molecule has 5 heteroatoms. The minimum absolute atomic E-state index is 0.166. The maximum absolute atomic E-state index is 10.1. The van der Waals surface area contributed by atoms with Crippen molar-refractivity contribution in [1.29, 1.82) is 0 Å². The van der Waals surface area contributed by atoms with Gasteiger partial charge in [-0.25, -0.2) is 0 Å². The molecule has 1 aromatic carbocycles. The van der Waals surface area contributed by atoms with Gasteiger partial charge in [0.15, 0.2) is 0 Å². The molecule has 0 aromatic heterocycles. The molecule has 0 spiro atoms. The summed E-state index contributed by atoms with van der Waals surface area (Å²) >= 11 is 0. The van der Waals surface area contributed by atoms with E-state index in [1.54, 1.807) is 7.11 Å². The van der Waals surface area contributed by atoms with Crippen LogP contribution in [0.15, 0.2) is 24.3 Å². The van der Waals surface area contributed by atoms with Gasteiger partial charge < -0.3 is 19.5 Å². The third kappa shape index (κ3) is 6.01. The lowest BCUT2D eigenvalue weighted by atomic mass is 10.2. The van der Waals surface area contributed by atoms with Gasteiger partial charge in [0.1, 0.15) is 5.75 Å². The van der Waals surface area contributed by atoms with E-state index in [9.17, 15) is 5.11 Å². The second-order valence-corrected chi connectivity index (χ2v) is 6.38. The van der Waals surface area contributed by atoms with Crippen LogP contribution in [0, 0.1) is 0 Å². The van der Waals surface area contributed by atoms with E-state index < -0.39 is 6.10 Å². The molecule has 0 aliphatic carbocycles. The van der Waals surface area contributed by atoms with Crippen molar-refractivity contribution in [3.63, 3.8) is 0 Å². The van der Waals surface area contributed by atoms with Crippen molar-refractivity contribution in [3.05, 3.63) is 24.3 Å². The lowest BCUT2D eigenvalue weighted by molar-refractivity contribution is -0.00766. The average Bonchev–Trinajstić information content (AvgIpc) is 2.78. The first-order valence-corrected chi connectivity index (χ1v) is 8.49. The lowest BCUT2D eigenvalue weighted by Gasteiger charge is -2.25. The molecule has 1 saturated heterocycles. The smallest absolute Gasteiger partial charge is 0.119 e. The van der Waals surface area contributed by atoms with Crippen LogP contribution in [0.2, 0.25) is 0 Å². The summed E-state index contributed by atoms with van der Waals surface area (Å²) in [5.74, 6) is 0.887. The Balaban J connectivity index is 1.81. The van der Waals surface area contributed by atoms with Crippen molar-refractivity contribution in [2.75, 3.05) is 51.3 Å². The summed E-state index contributed by atoms with van der Waals surface area (Å²) < 4.78 is 10.7. The van der Waals surface area contributed by atoms with Crippen molar-refractivity contribution < 1.29 is 14.6 Å². The normalized spacial score (nSPS) is 18.0. The molecule has 5 nitrogen and oxygen atoms in total. The molecule has 1 heterocycles. The highest BCUT2D eigenvalue weighted by Crippen LogP contribution is 2.20. The highest BCUT2D eigenvalue weighted by Gasteiger charge is 2.18. The standard InChI is InChI=1S/C18H30N2O3/c1-15(2)23-14-17(21)13-19-9-4-10-20(12-11-19)16-5-7-18(22-3)8-6-16/h5-8,15,17,21H,4,9-14H2,1-3H3. The van der Waals surface area contributed by atoms with Crippen molar-refractivity contribution in [2.45, 2.75) is 32.5 Å². The predicted octanol–water partition coefficient (Wildman–Crippen LogP) is 1.99. The first-order chi connectivity index (χ1) is 11.1. The largest absolute Gasteiger partial charge is 0.497 e. The van der Waals surface area contributed by atoms with Crippen LogP contribution in [-0.2, 0) is 4.74 Å². The van der Waals surface area contributed by atoms with Crippen LogP contribution in [0.25, 0.3) is 0 Å². The third-order valence-corrected chi connectivity index (χ3v) is 4.12. The number of nitrogens with zero attached hydrogens (tertiary/aromatic N) is 2. The third-order valence-electron chi connectivity index (χ3n) is 4.12. The Bertz CT molecular complexity index is 450. The van der Waals surface area contributed by atoms with E-state index in [1.807, 2.05) is 26.0 Å². The Hall–Kier alpha value is -1.30. The number of ether oxygens (including phenoxy) is 2. The fraction of sp³-hybridized carbons (Fsp3) is 0.667. The van der Waals surface area contributed by atoms with Crippen LogP contribution in [-0.4, -0.2) is 68.7 Å². The molecule has 130 valence electrons. The van der Waals surface area contributed by atoms with Gasteiger partial charge in [-0.2, -0.15) is 0 Å². The molecule has 0 saturated carbocycles. The predicted molar refractivity (Wildman–Crippen MR) is 93.4 cm³/mol. The van der Waals surface area contributed by atoms with Crippen LogP contribution in [0.5, 0.6) is 5.75 Å². The molecular formula is C18H30N2O3. The van der Waals surface area contributed by atoms with E-state index in [0.717, 1.165) is 38.3 Å². The number of benzene rings is 1. The van der Waals surface area contributed by atoms with E-state index in [0.29, 0.717) is 13.2 Å². The number of β-amino-alcohol motifs (C(OH)–C–C–N with tert-alkyl or cyclic N) is 1. The van der Waals surface area contributed by atoms with Crippen LogP contribution in [0.3, 0.4) is 0 Å². The number of aliphatic hydroxyl groups is 1. The van der Waals surface area contributed by atoms with Gasteiger partial charge in [-0.3, -0.25) is 4.90 Å². The van der Waals surface area contributed by atoms with Crippen molar-refractivity contribution in [3.8, 4) is 5.75 Å². The van der Waals surface area contributed by atoms with Crippen LogP contribution < -0.4 is 9.64 Å². The van der Waals surface area contributed by atoms with E-state index in [1.165, 1.54) is 5.69 Å². The summed E-state index contributed by atoms with van der Waals surface area (Å²) in [6.07, 6.45) is 0.855. The summed E-state index contributed by atoms with van der Waals surface area (Å²) in [6.45, 7) is 9.08. The molecule has 0 radical (unpaired) electrons. The van der Waals surface area contributed by atoms with Gasteiger partial charge in [0, 0.05) is 31.9 Å². The zero-order valence-electron chi connectivity index (χ0n) is 14.6. The number of methoxy groups -OCH3 is 1. The summed E-state index contributed by atoms with van der Waals surface area (Å²) in [4.78, 5) is 4.73. The van der Waals surface area contributed by atoms with E-state index in [2.05, 4.69) is 21.9 Å². The molecule has 2 rings (SSSR count). The molecule has 1 fully saturated rings. The van der Waals surface area contributed by atoms with Gasteiger partial charge in [-0.1, -0.05) is 0 Å². The van der Waals surface area contributed by atoms with Crippen LogP contribution >= 0.6 is 0 Å². The molecular weight excluding hydrogens is 292 g/mol. The van der Waals surface area contributed by atoms with Gasteiger partial charge in [0.2, 0.25) is 0 Å². The van der Waals surface area contributed by atoms with Crippen molar-refractivity contribution in [1.82, 2.24) is 4.90 Å². The number of hydrogen-bond donors (Lipinski definition) is 1. The topological polar surface area (TPSA) is 45.2 Å². The second kappa shape index (κ2) is 9.11. The molecule has 1 aliphatic rings. The Morgan fingerprint density at radius 1 is 1.09 bits per heavy atom. The highest BCUT2D eigenvalue weighted by atomic mass is 16.5.